The van der Waals surface area contributed by atoms with Gasteiger partial charge in [-0.05, 0) is 30.3 Å². The number of hydrazone groups is 1. The Morgan fingerprint density at radius 3 is 2.62 bits per heavy atom. The van der Waals surface area contributed by atoms with E-state index in [2.05, 4.69) is 0 Å². The molecule has 0 saturated carbocycles. The Hall–Kier alpha value is -3.54. The number of fused-ring (bicyclic) bond motifs is 3. The third-order valence-electron chi connectivity index (χ3n) is 5.38. The molecule has 2 aliphatic rings. The molecule has 5 rings (SSSR count). The molecule has 0 aliphatic carbocycles. The van der Waals surface area contributed by atoms with Gasteiger partial charge in [0.2, 0.25) is 6.23 Å². The first kappa shape index (κ1) is 17.6. The molecule has 0 bridgehead atoms. The summed E-state index contributed by atoms with van der Waals surface area (Å²) in [5.74, 6) is 1.13. The van der Waals surface area contributed by atoms with Crippen LogP contribution in [0, 0.1) is 5.82 Å². The highest BCUT2D eigenvalue weighted by molar-refractivity contribution is 6.04. The minimum absolute atomic E-state index is 0.120. The topological polar surface area (TPSA) is 54.3 Å². The Balaban J connectivity index is 1.63. The minimum atomic E-state index is -0.693. The molecule has 0 aromatic heterocycles. The molecule has 0 spiro atoms. The van der Waals surface area contributed by atoms with E-state index in [4.69, 9.17) is 14.6 Å². The SMILES string of the molecule is COc1ccc(O)c(C2=NN3[C@@H](c4ccccc4F)Oc4ccccc4[C@@H]3C2)c1. The first-order valence-electron chi connectivity index (χ1n) is 9.39. The second kappa shape index (κ2) is 6.81. The molecule has 2 heterocycles. The van der Waals surface area contributed by atoms with Crippen LogP contribution >= 0.6 is 0 Å². The molecule has 0 unspecified atom stereocenters. The zero-order valence-corrected chi connectivity index (χ0v) is 15.7. The Bertz CT molecular complexity index is 1110. The third-order valence-corrected chi connectivity index (χ3v) is 5.38. The molecular weight excluding hydrogens is 371 g/mol. The summed E-state index contributed by atoms with van der Waals surface area (Å²) < 4.78 is 26.0. The van der Waals surface area contributed by atoms with E-state index in [9.17, 15) is 9.50 Å². The van der Waals surface area contributed by atoms with Crippen molar-refractivity contribution < 1.29 is 19.0 Å². The van der Waals surface area contributed by atoms with E-state index < -0.39 is 6.23 Å². The van der Waals surface area contributed by atoms with Gasteiger partial charge in [0.25, 0.3) is 0 Å². The molecule has 29 heavy (non-hydrogen) atoms. The third kappa shape index (κ3) is 2.88. The van der Waals surface area contributed by atoms with Gasteiger partial charge >= 0.3 is 0 Å². The van der Waals surface area contributed by atoms with E-state index in [0.29, 0.717) is 34.8 Å². The fraction of sp³-hybridized carbons (Fsp3) is 0.174. The summed E-state index contributed by atoms with van der Waals surface area (Å²) in [7, 11) is 1.58. The second-order valence-electron chi connectivity index (χ2n) is 7.06. The number of ether oxygens (including phenoxy) is 2. The van der Waals surface area contributed by atoms with Crippen molar-refractivity contribution >= 4 is 5.71 Å². The van der Waals surface area contributed by atoms with Crippen molar-refractivity contribution in [1.29, 1.82) is 0 Å². The molecule has 5 nitrogen and oxygen atoms in total. The van der Waals surface area contributed by atoms with Crippen molar-refractivity contribution in [3.63, 3.8) is 0 Å². The number of phenols is 1. The predicted octanol–water partition coefficient (Wildman–Crippen LogP) is 4.78. The number of aromatic hydroxyl groups is 1. The number of rotatable bonds is 3. The van der Waals surface area contributed by atoms with Crippen LogP contribution in [0.5, 0.6) is 17.2 Å². The van der Waals surface area contributed by atoms with E-state index >= 15 is 0 Å². The van der Waals surface area contributed by atoms with E-state index in [1.165, 1.54) is 6.07 Å². The van der Waals surface area contributed by atoms with Gasteiger partial charge in [0.05, 0.1) is 24.4 Å². The highest BCUT2D eigenvalue weighted by atomic mass is 19.1. The monoisotopic (exact) mass is 390 g/mol. The van der Waals surface area contributed by atoms with Crippen LogP contribution in [0.2, 0.25) is 0 Å². The normalized spacial score (nSPS) is 19.8. The van der Waals surface area contributed by atoms with Crippen molar-refractivity contribution in [2.24, 2.45) is 5.10 Å². The lowest BCUT2D eigenvalue weighted by molar-refractivity contribution is -0.0212. The minimum Gasteiger partial charge on any atom is -0.507 e. The number of phenolic OH excluding ortho intramolecular Hbond substituents is 1. The second-order valence-corrected chi connectivity index (χ2v) is 7.06. The highest BCUT2D eigenvalue weighted by Crippen LogP contribution is 2.48. The lowest BCUT2D eigenvalue weighted by atomic mass is 9.95. The quantitative estimate of drug-likeness (QED) is 0.699. The molecule has 0 radical (unpaired) electrons. The number of hydrogen-bond acceptors (Lipinski definition) is 5. The van der Waals surface area contributed by atoms with Gasteiger partial charge < -0.3 is 14.6 Å². The summed E-state index contributed by atoms with van der Waals surface area (Å²) in [6.07, 6.45) is -0.132. The molecule has 2 atom stereocenters. The number of nitrogens with zero attached hydrogens (tertiary/aromatic N) is 2. The van der Waals surface area contributed by atoms with Crippen LogP contribution in [0.4, 0.5) is 4.39 Å². The fourth-order valence-electron chi connectivity index (χ4n) is 3.95. The molecule has 146 valence electrons. The van der Waals surface area contributed by atoms with Crippen molar-refractivity contribution in [3.8, 4) is 17.2 Å². The van der Waals surface area contributed by atoms with Crippen molar-refractivity contribution in [2.75, 3.05) is 7.11 Å². The molecule has 2 aliphatic heterocycles. The molecular formula is C23H19FN2O3. The predicted molar refractivity (Wildman–Crippen MR) is 107 cm³/mol. The summed E-state index contributed by atoms with van der Waals surface area (Å²) >= 11 is 0. The molecule has 3 aromatic carbocycles. The van der Waals surface area contributed by atoms with Gasteiger partial charge in [-0.3, -0.25) is 0 Å². The lowest BCUT2D eigenvalue weighted by Gasteiger charge is -2.38. The molecule has 1 N–H and O–H groups in total. The number of para-hydroxylation sites is 1. The summed E-state index contributed by atoms with van der Waals surface area (Å²) in [4.78, 5) is 0. The van der Waals surface area contributed by atoms with Crippen LogP contribution in [-0.4, -0.2) is 22.9 Å². The van der Waals surface area contributed by atoms with Gasteiger partial charge in [-0.2, -0.15) is 5.10 Å². The maximum absolute atomic E-state index is 14.6. The van der Waals surface area contributed by atoms with Gasteiger partial charge in [0.1, 0.15) is 23.1 Å². The first-order valence-corrected chi connectivity index (χ1v) is 9.39. The van der Waals surface area contributed by atoms with Crippen LogP contribution in [-0.2, 0) is 0 Å². The molecule has 0 fully saturated rings. The average Bonchev–Trinajstić information content (AvgIpc) is 3.19. The smallest absolute Gasteiger partial charge is 0.216 e. The van der Waals surface area contributed by atoms with Gasteiger partial charge in [0.15, 0.2) is 0 Å². The van der Waals surface area contributed by atoms with Crippen LogP contribution < -0.4 is 9.47 Å². The number of methoxy groups -OCH3 is 1. The van der Waals surface area contributed by atoms with Crippen molar-refractivity contribution in [1.82, 2.24) is 5.01 Å². The summed E-state index contributed by atoms with van der Waals surface area (Å²) in [5, 5.41) is 16.9. The van der Waals surface area contributed by atoms with Crippen LogP contribution in [0.3, 0.4) is 0 Å². The van der Waals surface area contributed by atoms with Crippen LogP contribution in [0.1, 0.15) is 35.4 Å². The van der Waals surface area contributed by atoms with Crippen molar-refractivity contribution in [3.05, 3.63) is 89.2 Å². The number of halogens is 1. The first-order chi connectivity index (χ1) is 14.2. The van der Waals surface area contributed by atoms with Crippen molar-refractivity contribution in [2.45, 2.75) is 18.7 Å². The summed E-state index contributed by atoms with van der Waals surface area (Å²) in [6.45, 7) is 0. The largest absolute Gasteiger partial charge is 0.507 e. The van der Waals surface area contributed by atoms with Crippen LogP contribution in [0.25, 0.3) is 0 Å². The lowest BCUT2D eigenvalue weighted by Crippen LogP contribution is -2.34. The molecule has 3 aromatic rings. The van der Waals surface area contributed by atoms with E-state index in [1.54, 1.807) is 48.5 Å². The van der Waals surface area contributed by atoms with Crippen LogP contribution in [0.15, 0.2) is 71.8 Å². The zero-order valence-electron chi connectivity index (χ0n) is 15.7. The zero-order chi connectivity index (χ0) is 20.0. The Morgan fingerprint density at radius 2 is 1.83 bits per heavy atom. The summed E-state index contributed by atoms with van der Waals surface area (Å²) in [5.41, 5.74) is 2.71. The van der Waals surface area contributed by atoms with E-state index in [0.717, 1.165) is 5.56 Å². The number of benzene rings is 3. The summed E-state index contributed by atoms with van der Waals surface area (Å²) in [6, 6.07) is 19.2. The standard InChI is InChI=1S/C23H19FN2O3/c1-28-14-10-11-21(27)17(12-14)19-13-20-16-7-3-5-9-22(16)29-23(26(20)25-19)15-6-2-4-8-18(15)24/h2-12,20,23,27H,13H2,1H3/t20-,23+/m0/s1. The Kier molecular flexibility index (Phi) is 4.12. The van der Waals surface area contributed by atoms with Gasteiger partial charge in [-0.1, -0.05) is 36.4 Å². The van der Waals surface area contributed by atoms with Gasteiger partial charge in [-0.15, -0.1) is 0 Å². The van der Waals surface area contributed by atoms with Gasteiger partial charge in [0, 0.05) is 17.5 Å². The molecule has 0 amide bonds. The van der Waals surface area contributed by atoms with E-state index in [-0.39, 0.29) is 17.6 Å². The highest BCUT2D eigenvalue weighted by Gasteiger charge is 2.42. The van der Waals surface area contributed by atoms with Gasteiger partial charge in [-0.25, -0.2) is 9.40 Å². The maximum Gasteiger partial charge on any atom is 0.216 e. The maximum atomic E-state index is 14.6. The Labute approximate surface area is 167 Å². The molecule has 0 saturated heterocycles. The number of hydrogen-bond donors (Lipinski definition) is 1. The Morgan fingerprint density at radius 1 is 1.07 bits per heavy atom. The average molecular weight is 390 g/mol. The van der Waals surface area contributed by atoms with E-state index in [1.807, 2.05) is 24.3 Å². The fourth-order valence-corrected chi connectivity index (χ4v) is 3.95. The molecule has 6 heteroatoms.